The van der Waals surface area contributed by atoms with Crippen LogP contribution in [0, 0.1) is 10.1 Å². The highest BCUT2D eigenvalue weighted by Gasteiger charge is 2.18. The molecule has 30 heavy (non-hydrogen) atoms. The summed E-state index contributed by atoms with van der Waals surface area (Å²) in [4.78, 5) is 27.1. The van der Waals surface area contributed by atoms with Gasteiger partial charge < -0.3 is 0 Å². The molecule has 2 aromatic carbocycles. The van der Waals surface area contributed by atoms with E-state index < -0.39 is 4.92 Å². The van der Waals surface area contributed by atoms with Gasteiger partial charge in [-0.1, -0.05) is 42.1 Å². The number of pyridine rings is 1. The zero-order valence-electron chi connectivity index (χ0n) is 15.6. The van der Waals surface area contributed by atoms with Crippen LogP contribution in [0.15, 0.2) is 84.3 Å². The molecule has 0 saturated heterocycles. The van der Waals surface area contributed by atoms with E-state index in [2.05, 4.69) is 15.2 Å². The maximum atomic E-state index is 12.6. The lowest BCUT2D eigenvalue weighted by Gasteiger charge is -2.10. The van der Waals surface area contributed by atoms with Gasteiger partial charge in [0, 0.05) is 41.3 Å². The highest BCUT2D eigenvalue weighted by molar-refractivity contribution is 7.99. The fourth-order valence-corrected chi connectivity index (χ4v) is 3.71. The monoisotopic (exact) mass is 417 g/mol. The Labute approximate surface area is 175 Å². The Bertz CT molecular complexity index is 1200. The predicted octanol–water partition coefficient (Wildman–Crippen LogP) is 4.21. The van der Waals surface area contributed by atoms with Gasteiger partial charge in [0.1, 0.15) is 0 Å². The van der Waals surface area contributed by atoms with Crippen LogP contribution in [0.5, 0.6) is 0 Å². The molecule has 0 N–H and O–H groups in total. The molecule has 0 amide bonds. The lowest BCUT2D eigenvalue weighted by Crippen LogP contribution is -2.05. The molecule has 4 rings (SSSR count). The summed E-state index contributed by atoms with van der Waals surface area (Å²) >= 11 is 1.23. The van der Waals surface area contributed by atoms with Crippen LogP contribution < -0.4 is 0 Å². The zero-order valence-corrected chi connectivity index (χ0v) is 16.4. The molecule has 0 atom stereocenters. The molecular weight excluding hydrogens is 402 g/mol. The van der Waals surface area contributed by atoms with Crippen LogP contribution in [-0.2, 0) is 0 Å². The molecule has 2 aromatic heterocycles. The third-order valence-electron chi connectivity index (χ3n) is 4.30. The van der Waals surface area contributed by atoms with E-state index in [1.165, 1.54) is 30.0 Å². The first kappa shape index (κ1) is 19.5. The van der Waals surface area contributed by atoms with E-state index in [0.717, 1.165) is 11.3 Å². The number of thioether (sulfide) groups is 1. The average Bonchev–Trinajstić information content (AvgIpc) is 3.22. The quantitative estimate of drug-likeness (QED) is 0.192. The fraction of sp³-hybridized carbons (Fsp3) is 0.0476. The van der Waals surface area contributed by atoms with Crippen molar-refractivity contribution in [3.8, 4) is 17.1 Å². The predicted molar refractivity (Wildman–Crippen MR) is 113 cm³/mol. The molecule has 0 saturated carbocycles. The van der Waals surface area contributed by atoms with Gasteiger partial charge in [-0.05, 0) is 24.3 Å². The van der Waals surface area contributed by atoms with E-state index in [1.54, 1.807) is 18.5 Å². The number of hydrogen-bond donors (Lipinski definition) is 0. The van der Waals surface area contributed by atoms with Crippen molar-refractivity contribution in [2.75, 3.05) is 5.75 Å². The van der Waals surface area contributed by atoms with Gasteiger partial charge in [-0.2, -0.15) is 0 Å². The minimum atomic E-state index is -0.517. The Morgan fingerprint density at radius 1 is 1.00 bits per heavy atom. The van der Waals surface area contributed by atoms with Crippen molar-refractivity contribution in [3.63, 3.8) is 0 Å². The number of aromatic nitrogens is 4. The largest absolute Gasteiger partial charge is 0.293 e. The summed E-state index contributed by atoms with van der Waals surface area (Å²) in [6.45, 7) is 0. The van der Waals surface area contributed by atoms with Crippen molar-refractivity contribution in [2.45, 2.75) is 5.16 Å². The second-order valence-corrected chi connectivity index (χ2v) is 7.17. The van der Waals surface area contributed by atoms with Crippen LogP contribution in [-0.4, -0.2) is 36.2 Å². The average molecular weight is 417 g/mol. The van der Waals surface area contributed by atoms with E-state index in [1.807, 2.05) is 47.0 Å². The standard InChI is InChI=1S/C21H15N5O3S/c27-19(16-5-4-8-18(13-16)26(28)29)14-30-21-24-23-20(15-9-11-22-12-10-15)25(21)17-6-2-1-3-7-17/h1-13H,14H2. The third kappa shape index (κ3) is 4.11. The van der Waals surface area contributed by atoms with Gasteiger partial charge >= 0.3 is 0 Å². The number of para-hydroxylation sites is 1. The first-order valence-corrected chi connectivity index (χ1v) is 9.94. The number of carbonyl (C=O) groups is 1. The summed E-state index contributed by atoms with van der Waals surface area (Å²) in [5, 5.41) is 20.1. The SMILES string of the molecule is O=C(CSc1nnc(-c2ccncc2)n1-c1ccccc1)c1cccc([N+](=O)[O-])c1. The number of hydrogen-bond acceptors (Lipinski definition) is 7. The number of nitrogens with zero attached hydrogens (tertiary/aromatic N) is 5. The van der Waals surface area contributed by atoms with Crippen LogP contribution >= 0.6 is 11.8 Å². The molecule has 0 spiro atoms. The molecule has 2 heterocycles. The van der Waals surface area contributed by atoms with Gasteiger partial charge in [-0.15, -0.1) is 10.2 Å². The summed E-state index contributed by atoms with van der Waals surface area (Å²) in [6, 6.07) is 19.0. The third-order valence-corrected chi connectivity index (χ3v) is 5.23. The van der Waals surface area contributed by atoms with Gasteiger partial charge in [-0.25, -0.2) is 0 Å². The summed E-state index contributed by atoms with van der Waals surface area (Å²) in [5.41, 5.74) is 1.88. The Hall–Kier alpha value is -3.85. The number of nitro benzene ring substituents is 1. The topological polar surface area (TPSA) is 104 Å². The Morgan fingerprint density at radius 2 is 1.77 bits per heavy atom. The maximum absolute atomic E-state index is 12.6. The molecule has 0 aliphatic rings. The minimum Gasteiger partial charge on any atom is -0.293 e. The fourth-order valence-electron chi connectivity index (χ4n) is 2.87. The van der Waals surface area contributed by atoms with Crippen LogP contribution in [0.25, 0.3) is 17.1 Å². The van der Waals surface area contributed by atoms with Gasteiger partial charge in [0.25, 0.3) is 5.69 Å². The van der Waals surface area contributed by atoms with Crippen molar-refractivity contribution in [1.29, 1.82) is 0 Å². The van der Waals surface area contributed by atoms with Crippen LogP contribution in [0.1, 0.15) is 10.4 Å². The Kier molecular flexibility index (Phi) is 5.62. The molecular formula is C21H15N5O3S. The summed E-state index contributed by atoms with van der Waals surface area (Å²) < 4.78 is 1.88. The maximum Gasteiger partial charge on any atom is 0.270 e. The van der Waals surface area contributed by atoms with Crippen LogP contribution in [0.2, 0.25) is 0 Å². The van der Waals surface area contributed by atoms with Crippen molar-refractivity contribution in [2.24, 2.45) is 0 Å². The van der Waals surface area contributed by atoms with Gasteiger partial charge in [0.2, 0.25) is 0 Å². The summed E-state index contributed by atoms with van der Waals surface area (Å²) in [5.74, 6) is 0.480. The molecule has 0 unspecified atom stereocenters. The molecule has 8 nitrogen and oxygen atoms in total. The molecule has 0 bridgehead atoms. The van der Waals surface area contributed by atoms with Crippen molar-refractivity contribution in [1.82, 2.24) is 19.7 Å². The number of nitro groups is 1. The molecule has 0 radical (unpaired) electrons. The molecule has 9 heteroatoms. The molecule has 148 valence electrons. The first-order chi connectivity index (χ1) is 14.6. The molecule has 0 fully saturated rings. The van der Waals surface area contributed by atoms with E-state index in [9.17, 15) is 14.9 Å². The second-order valence-electron chi connectivity index (χ2n) is 6.23. The van der Waals surface area contributed by atoms with E-state index in [0.29, 0.717) is 11.0 Å². The van der Waals surface area contributed by atoms with Gasteiger partial charge in [-0.3, -0.25) is 24.5 Å². The normalized spacial score (nSPS) is 10.7. The number of ketones is 1. The number of non-ortho nitro benzene ring substituents is 1. The number of benzene rings is 2. The minimum absolute atomic E-state index is 0.0719. The smallest absolute Gasteiger partial charge is 0.270 e. The Morgan fingerprint density at radius 3 is 2.50 bits per heavy atom. The lowest BCUT2D eigenvalue weighted by atomic mass is 10.1. The van der Waals surface area contributed by atoms with Crippen molar-refractivity contribution < 1.29 is 9.72 Å². The molecule has 0 aliphatic heterocycles. The Balaban J connectivity index is 1.63. The van der Waals surface area contributed by atoms with Crippen molar-refractivity contribution >= 4 is 23.2 Å². The van der Waals surface area contributed by atoms with Crippen LogP contribution in [0.3, 0.4) is 0 Å². The summed E-state index contributed by atoms with van der Waals surface area (Å²) in [7, 11) is 0. The molecule has 4 aromatic rings. The number of carbonyl (C=O) groups excluding carboxylic acids is 1. The highest BCUT2D eigenvalue weighted by atomic mass is 32.2. The lowest BCUT2D eigenvalue weighted by molar-refractivity contribution is -0.384. The van der Waals surface area contributed by atoms with E-state index >= 15 is 0 Å². The number of Topliss-reactive ketones (excluding diaryl/α,β-unsaturated/α-hetero) is 1. The molecule has 0 aliphatic carbocycles. The summed E-state index contributed by atoms with van der Waals surface area (Å²) in [6.07, 6.45) is 3.36. The van der Waals surface area contributed by atoms with Gasteiger partial charge in [0.15, 0.2) is 16.8 Å². The second kappa shape index (κ2) is 8.66. The van der Waals surface area contributed by atoms with E-state index in [4.69, 9.17) is 0 Å². The zero-order chi connectivity index (χ0) is 20.9. The van der Waals surface area contributed by atoms with E-state index in [-0.39, 0.29) is 22.8 Å². The highest BCUT2D eigenvalue weighted by Crippen LogP contribution is 2.28. The van der Waals surface area contributed by atoms with Crippen molar-refractivity contribution in [3.05, 3.63) is 94.8 Å². The van der Waals surface area contributed by atoms with Gasteiger partial charge in [0.05, 0.1) is 10.7 Å². The first-order valence-electron chi connectivity index (χ1n) is 8.95. The van der Waals surface area contributed by atoms with Crippen LogP contribution in [0.4, 0.5) is 5.69 Å². The number of rotatable bonds is 7.